The van der Waals surface area contributed by atoms with Gasteiger partial charge in [0.1, 0.15) is 11.5 Å². The summed E-state index contributed by atoms with van der Waals surface area (Å²) < 4.78 is 12.4. The van der Waals surface area contributed by atoms with Gasteiger partial charge in [0, 0.05) is 40.5 Å². The zero-order valence-electron chi connectivity index (χ0n) is 13.2. The third-order valence-corrected chi connectivity index (χ3v) is 5.23. The first-order valence-corrected chi connectivity index (χ1v) is 8.99. The molecule has 4 rings (SSSR count). The first-order valence-electron chi connectivity index (χ1n) is 8.20. The van der Waals surface area contributed by atoms with E-state index in [-0.39, 0.29) is 5.91 Å². The number of carbonyl (C=O) groups excluding carboxylic acids is 1. The summed E-state index contributed by atoms with van der Waals surface area (Å²) in [5.41, 5.74) is 4.32. The van der Waals surface area contributed by atoms with E-state index in [1.54, 1.807) is 0 Å². The number of hydrogen-bond donors (Lipinski definition) is 1. The average molecular weight is 388 g/mol. The molecule has 2 aliphatic heterocycles. The van der Waals surface area contributed by atoms with Crippen LogP contribution in [-0.2, 0) is 19.3 Å². The minimum Gasteiger partial charge on any atom is -0.493 e. The number of nitrogens with one attached hydrogen (secondary N) is 1. The highest BCUT2D eigenvalue weighted by molar-refractivity contribution is 9.10. The van der Waals surface area contributed by atoms with Gasteiger partial charge < -0.3 is 14.8 Å². The predicted molar refractivity (Wildman–Crippen MR) is 95.0 cm³/mol. The zero-order chi connectivity index (χ0) is 16.5. The smallest absolute Gasteiger partial charge is 0.252 e. The van der Waals surface area contributed by atoms with Crippen LogP contribution < -0.4 is 14.8 Å². The van der Waals surface area contributed by atoms with Gasteiger partial charge in [0.25, 0.3) is 5.91 Å². The number of rotatable bonds is 4. The van der Waals surface area contributed by atoms with Crippen LogP contribution in [0.15, 0.2) is 34.8 Å². The Hall–Kier alpha value is -2.01. The molecular weight excluding hydrogens is 370 g/mol. The largest absolute Gasteiger partial charge is 0.493 e. The SMILES string of the molecule is O=C(NCCc1c2c(cc3c1OCC3)OCC2)c1ccccc1Br. The lowest BCUT2D eigenvalue weighted by Crippen LogP contribution is -2.26. The van der Waals surface area contributed by atoms with Gasteiger partial charge in [0.15, 0.2) is 0 Å². The van der Waals surface area contributed by atoms with E-state index in [1.807, 2.05) is 24.3 Å². The molecule has 0 aromatic heterocycles. The van der Waals surface area contributed by atoms with Gasteiger partial charge in [-0.2, -0.15) is 0 Å². The van der Waals surface area contributed by atoms with Crippen LogP contribution >= 0.6 is 15.9 Å². The highest BCUT2D eigenvalue weighted by Crippen LogP contribution is 2.40. The van der Waals surface area contributed by atoms with Crippen molar-refractivity contribution in [1.29, 1.82) is 0 Å². The van der Waals surface area contributed by atoms with Crippen LogP contribution in [0.25, 0.3) is 0 Å². The highest BCUT2D eigenvalue weighted by Gasteiger charge is 2.26. The minimum absolute atomic E-state index is 0.0659. The number of carbonyl (C=O) groups is 1. The van der Waals surface area contributed by atoms with Crippen molar-refractivity contribution in [3.63, 3.8) is 0 Å². The molecule has 0 unspecified atom stereocenters. The molecular formula is C19H18BrNO3. The van der Waals surface area contributed by atoms with E-state index < -0.39 is 0 Å². The van der Waals surface area contributed by atoms with E-state index in [1.165, 1.54) is 16.7 Å². The second-order valence-electron chi connectivity index (χ2n) is 6.00. The van der Waals surface area contributed by atoms with Gasteiger partial charge in [0.2, 0.25) is 0 Å². The summed E-state index contributed by atoms with van der Waals surface area (Å²) in [4.78, 5) is 12.3. The molecule has 1 amide bonds. The Morgan fingerprint density at radius 1 is 1.17 bits per heavy atom. The van der Waals surface area contributed by atoms with Crippen molar-refractivity contribution in [2.24, 2.45) is 0 Å². The second kappa shape index (κ2) is 6.48. The standard InChI is InChI=1S/C19H18BrNO3/c20-16-4-2-1-3-15(16)19(22)21-8-5-14-13-7-10-23-17(13)11-12-6-9-24-18(12)14/h1-4,11H,5-10H2,(H,21,22). The quantitative estimate of drug-likeness (QED) is 0.875. The van der Waals surface area contributed by atoms with Crippen LogP contribution in [0.4, 0.5) is 0 Å². The predicted octanol–water partition coefficient (Wildman–Crippen LogP) is 3.29. The topological polar surface area (TPSA) is 47.6 Å². The molecule has 124 valence electrons. The molecule has 5 heteroatoms. The molecule has 0 spiro atoms. The van der Waals surface area contributed by atoms with Gasteiger partial charge in [-0.3, -0.25) is 4.79 Å². The molecule has 2 aromatic rings. The molecule has 1 N–H and O–H groups in total. The maximum Gasteiger partial charge on any atom is 0.252 e. The van der Waals surface area contributed by atoms with Gasteiger partial charge in [-0.05, 0) is 40.5 Å². The van der Waals surface area contributed by atoms with E-state index >= 15 is 0 Å². The molecule has 0 bridgehead atoms. The lowest BCUT2D eigenvalue weighted by atomic mass is 9.97. The first-order chi connectivity index (χ1) is 11.7. The van der Waals surface area contributed by atoms with E-state index in [0.29, 0.717) is 12.1 Å². The van der Waals surface area contributed by atoms with Crippen LogP contribution in [0.2, 0.25) is 0 Å². The maximum absolute atomic E-state index is 12.3. The number of amides is 1. The van der Waals surface area contributed by atoms with Gasteiger partial charge in [0.05, 0.1) is 18.8 Å². The van der Waals surface area contributed by atoms with E-state index in [9.17, 15) is 4.79 Å². The van der Waals surface area contributed by atoms with Gasteiger partial charge >= 0.3 is 0 Å². The Morgan fingerprint density at radius 2 is 2.00 bits per heavy atom. The van der Waals surface area contributed by atoms with Crippen LogP contribution in [0.5, 0.6) is 11.5 Å². The summed E-state index contributed by atoms with van der Waals surface area (Å²) in [7, 11) is 0. The number of ether oxygens (including phenoxy) is 2. The average Bonchev–Trinajstić information content (AvgIpc) is 3.23. The fourth-order valence-corrected chi connectivity index (χ4v) is 3.86. The summed E-state index contributed by atoms with van der Waals surface area (Å²) in [5, 5.41) is 3.01. The van der Waals surface area contributed by atoms with Gasteiger partial charge in [-0.25, -0.2) is 0 Å². The molecule has 24 heavy (non-hydrogen) atoms. The minimum atomic E-state index is -0.0659. The molecule has 0 fully saturated rings. The van der Waals surface area contributed by atoms with E-state index in [2.05, 4.69) is 27.3 Å². The molecule has 2 aliphatic rings. The Bertz CT molecular complexity index is 771. The molecule has 2 heterocycles. The Labute approximate surface area is 149 Å². The van der Waals surface area contributed by atoms with Crippen molar-refractivity contribution < 1.29 is 14.3 Å². The monoisotopic (exact) mass is 387 g/mol. The van der Waals surface area contributed by atoms with Crippen molar-refractivity contribution in [3.8, 4) is 11.5 Å². The van der Waals surface area contributed by atoms with Crippen molar-refractivity contribution in [2.75, 3.05) is 19.8 Å². The Kier molecular flexibility index (Phi) is 4.19. The number of benzene rings is 2. The van der Waals surface area contributed by atoms with Crippen molar-refractivity contribution in [2.45, 2.75) is 19.3 Å². The zero-order valence-corrected chi connectivity index (χ0v) is 14.8. The van der Waals surface area contributed by atoms with Crippen LogP contribution in [-0.4, -0.2) is 25.7 Å². The van der Waals surface area contributed by atoms with E-state index in [4.69, 9.17) is 9.47 Å². The molecule has 2 aromatic carbocycles. The number of halogens is 1. The normalized spacial score (nSPS) is 14.5. The Morgan fingerprint density at radius 3 is 2.88 bits per heavy atom. The highest BCUT2D eigenvalue weighted by atomic mass is 79.9. The summed E-state index contributed by atoms with van der Waals surface area (Å²) in [6.45, 7) is 2.04. The fourth-order valence-electron chi connectivity index (χ4n) is 3.39. The number of fused-ring (bicyclic) bond motifs is 2. The van der Waals surface area contributed by atoms with Crippen molar-refractivity contribution in [3.05, 3.63) is 57.1 Å². The molecule has 0 aliphatic carbocycles. The van der Waals surface area contributed by atoms with Crippen molar-refractivity contribution in [1.82, 2.24) is 5.32 Å². The maximum atomic E-state index is 12.3. The van der Waals surface area contributed by atoms with Gasteiger partial charge in [-0.15, -0.1) is 0 Å². The molecule has 0 saturated carbocycles. The molecule has 0 atom stereocenters. The summed E-state index contributed by atoms with van der Waals surface area (Å²) in [5.74, 6) is 1.93. The van der Waals surface area contributed by atoms with Crippen LogP contribution in [0.1, 0.15) is 27.0 Å². The van der Waals surface area contributed by atoms with Gasteiger partial charge in [-0.1, -0.05) is 12.1 Å². The molecule has 0 radical (unpaired) electrons. The van der Waals surface area contributed by atoms with Crippen molar-refractivity contribution >= 4 is 21.8 Å². The summed E-state index contributed by atoms with van der Waals surface area (Å²) >= 11 is 3.42. The molecule has 4 nitrogen and oxygen atoms in total. The third kappa shape index (κ3) is 2.77. The third-order valence-electron chi connectivity index (χ3n) is 4.54. The molecule has 0 saturated heterocycles. The Balaban J connectivity index is 1.49. The fraction of sp³-hybridized carbons (Fsp3) is 0.316. The summed E-state index contributed by atoms with van der Waals surface area (Å²) in [6, 6.07) is 9.57. The van der Waals surface area contributed by atoms with E-state index in [0.717, 1.165) is 48.4 Å². The lowest BCUT2D eigenvalue weighted by Gasteiger charge is -2.13. The number of hydrogen-bond acceptors (Lipinski definition) is 3. The summed E-state index contributed by atoms with van der Waals surface area (Å²) in [6.07, 6.45) is 2.60. The lowest BCUT2D eigenvalue weighted by molar-refractivity contribution is 0.0953. The van der Waals surface area contributed by atoms with Crippen LogP contribution in [0.3, 0.4) is 0 Å². The second-order valence-corrected chi connectivity index (χ2v) is 6.86. The van der Waals surface area contributed by atoms with Crippen LogP contribution in [0, 0.1) is 0 Å². The first kappa shape index (κ1) is 15.5.